The fraction of sp³-hybridized carbons (Fsp3) is 0.818. The van der Waals surface area contributed by atoms with E-state index in [1.54, 1.807) is 6.33 Å². The molecule has 1 atom stereocenters. The molecule has 2 rings (SSSR count). The van der Waals surface area contributed by atoms with Crippen LogP contribution in [0.15, 0.2) is 6.33 Å². The fourth-order valence-corrected chi connectivity index (χ4v) is 1.99. The third-order valence-electron chi connectivity index (χ3n) is 2.99. The predicted octanol–water partition coefficient (Wildman–Crippen LogP) is 0.864. The van der Waals surface area contributed by atoms with Gasteiger partial charge in [-0.05, 0) is 32.2 Å². The lowest BCUT2D eigenvalue weighted by atomic mass is 10.1. The molecule has 90 valence electrons. The van der Waals surface area contributed by atoms with Gasteiger partial charge in [-0.2, -0.15) is 0 Å². The van der Waals surface area contributed by atoms with Crippen LogP contribution in [0.25, 0.3) is 0 Å². The minimum Gasteiger partial charge on any atom is -0.378 e. The maximum Gasteiger partial charge on any atom is 0.146 e. The van der Waals surface area contributed by atoms with E-state index in [0.717, 1.165) is 25.5 Å². The molecule has 1 aromatic heterocycles. The van der Waals surface area contributed by atoms with E-state index in [9.17, 15) is 0 Å². The molecule has 0 spiro atoms. The smallest absolute Gasteiger partial charge is 0.146 e. The van der Waals surface area contributed by atoms with E-state index in [4.69, 9.17) is 4.74 Å². The fourth-order valence-electron chi connectivity index (χ4n) is 1.99. The zero-order valence-corrected chi connectivity index (χ0v) is 9.85. The normalized spacial score (nSPS) is 20.4. The van der Waals surface area contributed by atoms with Gasteiger partial charge in [0.15, 0.2) is 0 Å². The van der Waals surface area contributed by atoms with Crippen LogP contribution in [-0.4, -0.2) is 34.0 Å². The highest BCUT2D eigenvalue weighted by atomic mass is 16.5. The molecule has 1 aromatic rings. The van der Waals surface area contributed by atoms with Gasteiger partial charge in [-0.15, -0.1) is 10.2 Å². The van der Waals surface area contributed by atoms with Crippen LogP contribution >= 0.6 is 0 Å². The highest BCUT2D eigenvalue weighted by molar-refractivity contribution is 4.82. The second-order valence-corrected chi connectivity index (χ2v) is 4.31. The molecule has 1 saturated heterocycles. The molecule has 0 bridgehead atoms. The Balaban J connectivity index is 1.53. The van der Waals surface area contributed by atoms with Crippen LogP contribution in [0.4, 0.5) is 0 Å². The number of aromatic nitrogens is 3. The largest absolute Gasteiger partial charge is 0.378 e. The molecule has 1 fully saturated rings. The molecule has 2 heterocycles. The number of hydrogen-bond acceptors (Lipinski definition) is 4. The molecular formula is C11H20N4O. The summed E-state index contributed by atoms with van der Waals surface area (Å²) in [6.45, 7) is 2.77. The number of nitrogens with one attached hydrogen (secondary N) is 1. The van der Waals surface area contributed by atoms with Crippen molar-refractivity contribution in [2.24, 2.45) is 7.05 Å². The molecule has 0 aliphatic carbocycles. The highest BCUT2D eigenvalue weighted by Gasteiger charge is 2.14. The number of aryl methyl sites for hydroxylation is 1. The van der Waals surface area contributed by atoms with Crippen molar-refractivity contribution in [1.82, 2.24) is 20.1 Å². The molecule has 5 nitrogen and oxygen atoms in total. The second-order valence-electron chi connectivity index (χ2n) is 4.31. The third-order valence-corrected chi connectivity index (χ3v) is 2.99. The van der Waals surface area contributed by atoms with Crippen molar-refractivity contribution >= 4 is 0 Å². The average Bonchev–Trinajstić information content (AvgIpc) is 2.90. The van der Waals surface area contributed by atoms with Gasteiger partial charge in [0.25, 0.3) is 0 Å². The predicted molar refractivity (Wildman–Crippen MR) is 60.9 cm³/mol. The number of rotatable bonds is 6. The van der Waals surface area contributed by atoms with E-state index >= 15 is 0 Å². The summed E-state index contributed by atoms with van der Waals surface area (Å²) in [6.07, 6.45) is 7.05. The summed E-state index contributed by atoms with van der Waals surface area (Å²) in [4.78, 5) is 0. The Morgan fingerprint density at radius 2 is 2.56 bits per heavy atom. The van der Waals surface area contributed by atoms with Crippen LogP contribution in [0.3, 0.4) is 0 Å². The topological polar surface area (TPSA) is 52.0 Å². The average molecular weight is 224 g/mol. The molecule has 1 aliphatic heterocycles. The Bertz CT molecular complexity index is 307. The lowest BCUT2D eigenvalue weighted by Gasteiger charge is -2.09. The van der Waals surface area contributed by atoms with Gasteiger partial charge in [-0.1, -0.05) is 0 Å². The summed E-state index contributed by atoms with van der Waals surface area (Å²) in [5, 5.41) is 11.2. The van der Waals surface area contributed by atoms with Gasteiger partial charge in [0, 0.05) is 13.7 Å². The Morgan fingerprint density at radius 1 is 1.62 bits per heavy atom. The molecular weight excluding hydrogens is 204 g/mol. The first-order valence-corrected chi connectivity index (χ1v) is 6.01. The van der Waals surface area contributed by atoms with E-state index in [1.807, 2.05) is 11.6 Å². The van der Waals surface area contributed by atoms with E-state index in [0.29, 0.717) is 6.10 Å². The standard InChI is InChI=1S/C11H20N4O/c1-15-9-13-14-11(15)8-12-6-2-4-10-5-3-7-16-10/h9-10,12H,2-8H2,1H3. The maximum absolute atomic E-state index is 5.57. The summed E-state index contributed by atoms with van der Waals surface area (Å²) < 4.78 is 7.51. The van der Waals surface area contributed by atoms with Gasteiger partial charge in [0.05, 0.1) is 12.6 Å². The van der Waals surface area contributed by atoms with Gasteiger partial charge in [-0.25, -0.2) is 0 Å². The Labute approximate surface area is 96.2 Å². The molecule has 0 saturated carbocycles. The van der Waals surface area contributed by atoms with Crippen LogP contribution in [-0.2, 0) is 18.3 Å². The molecule has 0 amide bonds. The van der Waals surface area contributed by atoms with Crippen molar-refractivity contribution in [1.29, 1.82) is 0 Å². The first-order chi connectivity index (χ1) is 7.86. The van der Waals surface area contributed by atoms with E-state index in [2.05, 4.69) is 15.5 Å². The van der Waals surface area contributed by atoms with Crippen molar-refractivity contribution in [3.05, 3.63) is 12.2 Å². The van der Waals surface area contributed by atoms with Crippen molar-refractivity contribution in [3.63, 3.8) is 0 Å². The van der Waals surface area contributed by atoms with Gasteiger partial charge < -0.3 is 14.6 Å². The van der Waals surface area contributed by atoms with Gasteiger partial charge in [0.1, 0.15) is 12.2 Å². The molecule has 1 N–H and O–H groups in total. The third kappa shape index (κ3) is 3.28. The van der Waals surface area contributed by atoms with Gasteiger partial charge in [-0.3, -0.25) is 0 Å². The summed E-state index contributed by atoms with van der Waals surface area (Å²) in [6, 6.07) is 0. The van der Waals surface area contributed by atoms with Crippen LogP contribution in [0.1, 0.15) is 31.5 Å². The highest BCUT2D eigenvalue weighted by Crippen LogP contribution is 2.16. The minimum atomic E-state index is 0.511. The Kier molecular flexibility index (Phi) is 4.30. The number of nitrogens with zero attached hydrogens (tertiary/aromatic N) is 3. The lowest BCUT2D eigenvalue weighted by molar-refractivity contribution is 0.102. The Morgan fingerprint density at radius 3 is 3.25 bits per heavy atom. The zero-order chi connectivity index (χ0) is 11.2. The molecule has 1 aliphatic rings. The summed E-state index contributed by atoms with van der Waals surface area (Å²) in [7, 11) is 1.96. The van der Waals surface area contributed by atoms with Crippen molar-refractivity contribution in [3.8, 4) is 0 Å². The molecule has 0 aromatic carbocycles. The number of ether oxygens (including phenoxy) is 1. The van der Waals surface area contributed by atoms with E-state index < -0.39 is 0 Å². The Hall–Kier alpha value is -0.940. The summed E-state index contributed by atoms with van der Waals surface area (Å²) >= 11 is 0. The van der Waals surface area contributed by atoms with Crippen molar-refractivity contribution in [2.75, 3.05) is 13.2 Å². The maximum atomic E-state index is 5.57. The lowest BCUT2D eigenvalue weighted by Crippen LogP contribution is -2.18. The quantitative estimate of drug-likeness (QED) is 0.728. The molecule has 1 unspecified atom stereocenters. The second kappa shape index (κ2) is 5.96. The molecule has 16 heavy (non-hydrogen) atoms. The van der Waals surface area contributed by atoms with E-state index in [-0.39, 0.29) is 0 Å². The van der Waals surface area contributed by atoms with Crippen LogP contribution in [0, 0.1) is 0 Å². The summed E-state index contributed by atoms with van der Waals surface area (Å²) in [5.74, 6) is 0.983. The van der Waals surface area contributed by atoms with Crippen LogP contribution in [0.5, 0.6) is 0 Å². The SMILES string of the molecule is Cn1cnnc1CNCCCC1CCCO1. The number of hydrogen-bond donors (Lipinski definition) is 1. The van der Waals surface area contributed by atoms with Crippen molar-refractivity contribution < 1.29 is 4.74 Å². The monoisotopic (exact) mass is 224 g/mol. The first-order valence-electron chi connectivity index (χ1n) is 6.01. The summed E-state index contributed by atoms with van der Waals surface area (Å²) in [5.41, 5.74) is 0. The first kappa shape index (κ1) is 11.5. The molecule has 0 radical (unpaired) electrons. The van der Waals surface area contributed by atoms with Crippen LogP contribution < -0.4 is 5.32 Å². The van der Waals surface area contributed by atoms with E-state index in [1.165, 1.54) is 25.7 Å². The van der Waals surface area contributed by atoms with Crippen molar-refractivity contribution in [2.45, 2.75) is 38.3 Å². The zero-order valence-electron chi connectivity index (χ0n) is 9.85. The minimum absolute atomic E-state index is 0.511. The molecule has 5 heteroatoms. The van der Waals surface area contributed by atoms with Gasteiger partial charge in [0.2, 0.25) is 0 Å². The van der Waals surface area contributed by atoms with Crippen LogP contribution in [0.2, 0.25) is 0 Å². The van der Waals surface area contributed by atoms with Gasteiger partial charge >= 0.3 is 0 Å².